The van der Waals surface area contributed by atoms with E-state index in [1.54, 1.807) is 36.0 Å². The van der Waals surface area contributed by atoms with E-state index >= 15 is 0 Å². The summed E-state index contributed by atoms with van der Waals surface area (Å²) >= 11 is 0. The van der Waals surface area contributed by atoms with Crippen molar-refractivity contribution in [1.82, 2.24) is 20.0 Å². The summed E-state index contributed by atoms with van der Waals surface area (Å²) in [6.45, 7) is 4.66. The molecule has 1 N–H and O–H groups in total. The average molecular weight is 308 g/mol. The first-order valence-electron chi connectivity index (χ1n) is 7.54. The molecule has 1 fully saturated rings. The van der Waals surface area contributed by atoms with Crippen LogP contribution in [0, 0.1) is 0 Å². The molecule has 22 heavy (non-hydrogen) atoms. The predicted octanol–water partition coefficient (Wildman–Crippen LogP) is 0.831. The number of aromatic nitrogens is 2. The number of ether oxygens (including phenoxy) is 1. The third-order valence-electron chi connectivity index (χ3n) is 4.15. The molecule has 7 nitrogen and oxygen atoms in total. The molecule has 1 saturated heterocycles. The molecular formula is C15H24N4O3. The van der Waals surface area contributed by atoms with Crippen molar-refractivity contribution in [3.05, 3.63) is 18.0 Å². The number of rotatable bonds is 5. The number of likely N-dealkylation sites (N-methyl/N-ethyl adjacent to an activating group) is 1. The summed E-state index contributed by atoms with van der Waals surface area (Å²) in [5, 5.41) is 6.87. The Labute approximate surface area is 130 Å². The highest BCUT2D eigenvalue weighted by atomic mass is 16.5. The van der Waals surface area contributed by atoms with Gasteiger partial charge in [0.25, 0.3) is 5.91 Å². The van der Waals surface area contributed by atoms with Crippen LogP contribution in [-0.2, 0) is 9.53 Å². The summed E-state index contributed by atoms with van der Waals surface area (Å²) in [5.74, 6) is -0.361. The number of carbonyl (C=O) groups is 2. The van der Waals surface area contributed by atoms with Crippen molar-refractivity contribution in [3.63, 3.8) is 0 Å². The molecule has 0 bridgehead atoms. The van der Waals surface area contributed by atoms with E-state index in [1.807, 2.05) is 13.8 Å². The third kappa shape index (κ3) is 2.61. The van der Waals surface area contributed by atoms with Gasteiger partial charge in [-0.1, -0.05) is 0 Å². The maximum Gasteiger partial charge on any atom is 0.273 e. The van der Waals surface area contributed by atoms with Gasteiger partial charge >= 0.3 is 0 Å². The Morgan fingerprint density at radius 2 is 2.23 bits per heavy atom. The molecule has 0 radical (unpaired) electrons. The second kappa shape index (κ2) is 6.48. The average Bonchev–Trinajstić information content (AvgIpc) is 3.13. The number of methoxy groups -OCH3 is 1. The van der Waals surface area contributed by atoms with Gasteiger partial charge in [0.1, 0.15) is 11.2 Å². The Balaban J connectivity index is 2.38. The maximum absolute atomic E-state index is 13.0. The molecule has 1 aromatic rings. The topological polar surface area (TPSA) is 76.5 Å². The molecule has 1 aliphatic rings. The lowest BCUT2D eigenvalue weighted by Gasteiger charge is -2.36. The van der Waals surface area contributed by atoms with Crippen LogP contribution in [0.25, 0.3) is 0 Å². The van der Waals surface area contributed by atoms with Crippen molar-refractivity contribution < 1.29 is 14.3 Å². The first-order chi connectivity index (χ1) is 10.5. The normalized spacial score (nSPS) is 21.4. The molecule has 0 spiro atoms. The standard InChI is InChI=1S/C15H24N4O3/c1-11(2)19-12(6-8-17-19)13(20)18-9-5-7-15(18,10-22-4)14(21)16-3/h6,8,11H,5,7,9-10H2,1-4H3,(H,16,21). The van der Waals surface area contributed by atoms with Crippen LogP contribution in [0.3, 0.4) is 0 Å². The monoisotopic (exact) mass is 308 g/mol. The van der Waals surface area contributed by atoms with E-state index in [1.165, 1.54) is 0 Å². The zero-order valence-electron chi connectivity index (χ0n) is 13.6. The number of nitrogens with one attached hydrogen (secondary N) is 1. The van der Waals surface area contributed by atoms with Gasteiger partial charge < -0.3 is 15.0 Å². The molecule has 0 saturated carbocycles. The number of nitrogens with zero attached hydrogens (tertiary/aromatic N) is 3. The van der Waals surface area contributed by atoms with E-state index in [2.05, 4.69) is 10.4 Å². The molecule has 2 rings (SSSR count). The number of likely N-dealkylation sites (tertiary alicyclic amines) is 1. The van der Waals surface area contributed by atoms with E-state index in [4.69, 9.17) is 4.74 Å². The minimum Gasteiger partial charge on any atom is -0.382 e. The molecule has 0 aromatic carbocycles. The van der Waals surface area contributed by atoms with E-state index in [0.29, 0.717) is 18.7 Å². The summed E-state index contributed by atoms with van der Waals surface area (Å²) in [6.07, 6.45) is 2.99. The van der Waals surface area contributed by atoms with Gasteiger partial charge in [0.05, 0.1) is 6.61 Å². The molecule has 2 amide bonds. The Morgan fingerprint density at radius 3 is 2.82 bits per heavy atom. The highest BCUT2D eigenvalue weighted by molar-refractivity contribution is 5.98. The quantitative estimate of drug-likeness (QED) is 0.874. The fourth-order valence-electron chi connectivity index (χ4n) is 3.13. The van der Waals surface area contributed by atoms with Gasteiger partial charge in [0.15, 0.2) is 0 Å². The molecule has 2 heterocycles. The van der Waals surface area contributed by atoms with Gasteiger partial charge in [-0.25, -0.2) is 0 Å². The van der Waals surface area contributed by atoms with Crippen LogP contribution in [-0.4, -0.2) is 59.3 Å². The minimum atomic E-state index is -0.938. The second-order valence-corrected chi connectivity index (χ2v) is 5.86. The van der Waals surface area contributed by atoms with Crippen LogP contribution in [0.5, 0.6) is 0 Å². The lowest BCUT2D eigenvalue weighted by Crippen LogP contribution is -2.59. The van der Waals surface area contributed by atoms with Gasteiger partial charge in [-0.3, -0.25) is 14.3 Å². The highest BCUT2D eigenvalue weighted by Crippen LogP contribution is 2.32. The zero-order valence-corrected chi connectivity index (χ0v) is 13.6. The van der Waals surface area contributed by atoms with E-state index < -0.39 is 5.54 Å². The minimum absolute atomic E-state index is 0.0772. The Morgan fingerprint density at radius 1 is 1.50 bits per heavy atom. The number of hydrogen-bond acceptors (Lipinski definition) is 4. The first kappa shape index (κ1) is 16.5. The molecule has 1 aromatic heterocycles. The lowest BCUT2D eigenvalue weighted by molar-refractivity contribution is -0.133. The van der Waals surface area contributed by atoms with E-state index in [9.17, 15) is 9.59 Å². The SMILES string of the molecule is CNC(=O)C1(COC)CCCN1C(=O)c1ccnn1C(C)C. The van der Waals surface area contributed by atoms with Crippen molar-refractivity contribution in [2.45, 2.75) is 38.3 Å². The Hall–Kier alpha value is -1.89. The van der Waals surface area contributed by atoms with Crippen LogP contribution in [0.2, 0.25) is 0 Å². The molecule has 1 atom stereocenters. The zero-order chi connectivity index (χ0) is 16.3. The smallest absolute Gasteiger partial charge is 0.273 e. The van der Waals surface area contributed by atoms with Gasteiger partial charge in [-0.15, -0.1) is 0 Å². The molecule has 7 heteroatoms. The molecular weight excluding hydrogens is 284 g/mol. The van der Waals surface area contributed by atoms with Crippen molar-refractivity contribution >= 4 is 11.8 Å². The Kier molecular flexibility index (Phi) is 4.85. The summed E-state index contributed by atoms with van der Waals surface area (Å²) in [6, 6.07) is 1.77. The van der Waals surface area contributed by atoms with Crippen LogP contribution in [0.15, 0.2) is 12.3 Å². The summed E-state index contributed by atoms with van der Waals surface area (Å²) in [7, 11) is 3.13. The van der Waals surface area contributed by atoms with Crippen molar-refractivity contribution in [3.8, 4) is 0 Å². The van der Waals surface area contributed by atoms with Crippen molar-refractivity contribution in [2.24, 2.45) is 0 Å². The largest absolute Gasteiger partial charge is 0.382 e. The summed E-state index contributed by atoms with van der Waals surface area (Å²) < 4.78 is 6.93. The van der Waals surface area contributed by atoms with Crippen molar-refractivity contribution in [1.29, 1.82) is 0 Å². The number of amides is 2. The molecule has 1 aliphatic heterocycles. The third-order valence-corrected chi connectivity index (χ3v) is 4.15. The molecule has 0 aliphatic carbocycles. The van der Waals surface area contributed by atoms with Gasteiger partial charge in [-0.2, -0.15) is 5.10 Å². The summed E-state index contributed by atoms with van der Waals surface area (Å²) in [4.78, 5) is 27.0. The van der Waals surface area contributed by atoms with Crippen LogP contribution < -0.4 is 5.32 Å². The van der Waals surface area contributed by atoms with E-state index in [-0.39, 0.29) is 24.5 Å². The lowest BCUT2D eigenvalue weighted by atomic mass is 9.95. The highest BCUT2D eigenvalue weighted by Gasteiger charge is 2.50. The molecule has 1 unspecified atom stereocenters. The van der Waals surface area contributed by atoms with Gasteiger partial charge in [0.2, 0.25) is 5.91 Å². The first-order valence-corrected chi connectivity index (χ1v) is 7.54. The van der Waals surface area contributed by atoms with Gasteiger partial charge in [0, 0.05) is 32.9 Å². The fraction of sp³-hybridized carbons (Fsp3) is 0.667. The van der Waals surface area contributed by atoms with Gasteiger partial charge in [-0.05, 0) is 32.8 Å². The maximum atomic E-state index is 13.0. The molecule has 122 valence electrons. The predicted molar refractivity (Wildman–Crippen MR) is 81.6 cm³/mol. The number of hydrogen-bond donors (Lipinski definition) is 1. The van der Waals surface area contributed by atoms with Crippen LogP contribution >= 0.6 is 0 Å². The fourth-order valence-corrected chi connectivity index (χ4v) is 3.13. The number of carbonyl (C=O) groups excluding carboxylic acids is 2. The second-order valence-electron chi connectivity index (χ2n) is 5.86. The summed E-state index contributed by atoms with van der Waals surface area (Å²) in [5.41, 5.74) is -0.437. The Bertz CT molecular complexity index is 555. The van der Waals surface area contributed by atoms with E-state index in [0.717, 1.165) is 6.42 Å². The van der Waals surface area contributed by atoms with Crippen molar-refractivity contribution in [2.75, 3.05) is 27.3 Å². The van der Waals surface area contributed by atoms with Crippen LogP contribution in [0.1, 0.15) is 43.2 Å². The van der Waals surface area contributed by atoms with Crippen LogP contribution in [0.4, 0.5) is 0 Å².